The molecule has 22 heavy (non-hydrogen) atoms. The third-order valence-corrected chi connectivity index (χ3v) is 4.46. The number of halogens is 3. The van der Waals surface area contributed by atoms with Gasteiger partial charge in [0.25, 0.3) is 0 Å². The molecule has 0 spiro atoms. The highest BCUT2D eigenvalue weighted by Gasteiger charge is 2.30. The lowest BCUT2D eigenvalue weighted by Crippen LogP contribution is -2.07. The molecule has 0 N–H and O–H groups in total. The maximum atomic E-state index is 12.6. The summed E-state index contributed by atoms with van der Waals surface area (Å²) >= 11 is 1.59. The fourth-order valence-corrected chi connectivity index (χ4v) is 3.15. The molecular formula is C17H15F3OS. The number of benzene rings is 2. The second kappa shape index (κ2) is 7.49. The van der Waals surface area contributed by atoms with Gasteiger partial charge in [-0.2, -0.15) is 13.2 Å². The molecule has 0 fully saturated rings. The highest BCUT2D eigenvalue weighted by Crippen LogP contribution is 2.32. The van der Waals surface area contributed by atoms with Crippen molar-refractivity contribution >= 4 is 18.0 Å². The number of carbonyl (C=O) groups is 1. The largest absolute Gasteiger partial charge is 0.416 e. The van der Waals surface area contributed by atoms with E-state index in [1.165, 1.54) is 12.1 Å². The van der Waals surface area contributed by atoms with Gasteiger partial charge < -0.3 is 4.79 Å². The molecule has 0 aliphatic carbocycles. The van der Waals surface area contributed by atoms with Gasteiger partial charge in [-0.1, -0.05) is 30.3 Å². The summed E-state index contributed by atoms with van der Waals surface area (Å²) in [7, 11) is 0. The number of carbonyl (C=O) groups excluding carboxylic acids is 1. The van der Waals surface area contributed by atoms with Crippen LogP contribution in [0.2, 0.25) is 0 Å². The highest BCUT2D eigenvalue weighted by atomic mass is 32.2. The van der Waals surface area contributed by atoms with Crippen LogP contribution in [0.3, 0.4) is 0 Å². The number of hydrogen-bond acceptors (Lipinski definition) is 2. The van der Waals surface area contributed by atoms with Crippen molar-refractivity contribution in [2.24, 2.45) is 0 Å². The fraction of sp³-hybridized carbons (Fsp3) is 0.235. The Bertz CT molecular complexity index is 594. The lowest BCUT2D eigenvalue weighted by atomic mass is 9.97. The van der Waals surface area contributed by atoms with Crippen molar-refractivity contribution in [3.63, 3.8) is 0 Å². The van der Waals surface area contributed by atoms with E-state index in [9.17, 15) is 18.0 Å². The van der Waals surface area contributed by atoms with Crippen LogP contribution >= 0.6 is 11.8 Å². The second-order valence-electron chi connectivity index (χ2n) is 4.84. The monoisotopic (exact) mass is 324 g/mol. The van der Waals surface area contributed by atoms with Crippen LogP contribution in [0.1, 0.15) is 23.5 Å². The zero-order chi connectivity index (χ0) is 16.0. The molecule has 0 amide bonds. The molecule has 0 aliphatic heterocycles. The number of alkyl halides is 3. The average Bonchev–Trinajstić information content (AvgIpc) is 2.52. The molecule has 2 rings (SSSR count). The first-order valence-electron chi connectivity index (χ1n) is 6.79. The second-order valence-corrected chi connectivity index (χ2v) is 5.94. The van der Waals surface area contributed by atoms with Gasteiger partial charge in [0, 0.05) is 17.1 Å². The Morgan fingerprint density at radius 1 is 1.00 bits per heavy atom. The first-order chi connectivity index (χ1) is 10.5. The third-order valence-electron chi connectivity index (χ3n) is 3.28. The van der Waals surface area contributed by atoms with E-state index in [1.807, 2.05) is 30.3 Å². The van der Waals surface area contributed by atoms with Crippen LogP contribution < -0.4 is 0 Å². The van der Waals surface area contributed by atoms with Crippen molar-refractivity contribution < 1.29 is 18.0 Å². The van der Waals surface area contributed by atoms with Gasteiger partial charge in [0.15, 0.2) is 0 Å². The Balaban J connectivity index is 2.08. The van der Waals surface area contributed by atoms with E-state index in [4.69, 9.17) is 0 Å². The summed E-state index contributed by atoms with van der Waals surface area (Å²) in [5.74, 6) is 0.554. The summed E-state index contributed by atoms with van der Waals surface area (Å²) in [4.78, 5) is 11.9. The summed E-state index contributed by atoms with van der Waals surface area (Å²) < 4.78 is 37.7. The lowest BCUT2D eigenvalue weighted by Gasteiger charge is -2.15. The minimum absolute atomic E-state index is 0.0926. The molecule has 0 aromatic heterocycles. The molecule has 0 saturated carbocycles. The van der Waals surface area contributed by atoms with E-state index in [0.717, 1.165) is 28.9 Å². The van der Waals surface area contributed by atoms with Gasteiger partial charge in [-0.15, -0.1) is 11.8 Å². The predicted molar refractivity (Wildman–Crippen MR) is 82.0 cm³/mol. The van der Waals surface area contributed by atoms with Gasteiger partial charge in [-0.25, -0.2) is 0 Å². The number of rotatable bonds is 6. The molecule has 116 valence electrons. The summed E-state index contributed by atoms with van der Waals surface area (Å²) in [6, 6.07) is 14.8. The average molecular weight is 324 g/mol. The minimum Gasteiger partial charge on any atom is -0.303 e. The Hall–Kier alpha value is -1.75. The lowest BCUT2D eigenvalue weighted by molar-refractivity contribution is -0.137. The van der Waals surface area contributed by atoms with Crippen molar-refractivity contribution in [2.75, 3.05) is 5.75 Å². The van der Waals surface area contributed by atoms with Gasteiger partial charge in [0.1, 0.15) is 6.29 Å². The van der Waals surface area contributed by atoms with Crippen molar-refractivity contribution in [1.29, 1.82) is 0 Å². The Morgan fingerprint density at radius 2 is 1.64 bits per heavy atom. The fourth-order valence-electron chi connectivity index (χ4n) is 2.07. The van der Waals surface area contributed by atoms with E-state index in [0.29, 0.717) is 12.2 Å². The first kappa shape index (κ1) is 16.6. The van der Waals surface area contributed by atoms with E-state index in [1.54, 1.807) is 11.8 Å². The summed E-state index contributed by atoms with van der Waals surface area (Å²) in [6.45, 7) is 0. The Kier molecular flexibility index (Phi) is 5.66. The van der Waals surface area contributed by atoms with Crippen LogP contribution in [0.25, 0.3) is 0 Å². The Morgan fingerprint density at radius 3 is 2.18 bits per heavy atom. The van der Waals surface area contributed by atoms with Gasteiger partial charge in [0.2, 0.25) is 0 Å². The van der Waals surface area contributed by atoms with E-state index in [2.05, 4.69) is 0 Å². The van der Waals surface area contributed by atoms with Crippen molar-refractivity contribution in [3.05, 3.63) is 65.7 Å². The van der Waals surface area contributed by atoms with Gasteiger partial charge in [0.05, 0.1) is 5.56 Å². The van der Waals surface area contributed by atoms with Crippen LogP contribution in [-0.4, -0.2) is 12.0 Å². The van der Waals surface area contributed by atoms with Crippen LogP contribution in [-0.2, 0) is 11.0 Å². The van der Waals surface area contributed by atoms with Crippen molar-refractivity contribution in [2.45, 2.75) is 23.4 Å². The maximum absolute atomic E-state index is 12.6. The smallest absolute Gasteiger partial charge is 0.303 e. The van der Waals surface area contributed by atoms with Gasteiger partial charge >= 0.3 is 6.18 Å². The van der Waals surface area contributed by atoms with Crippen LogP contribution in [0.5, 0.6) is 0 Å². The summed E-state index contributed by atoms with van der Waals surface area (Å²) in [5, 5.41) is 0. The molecule has 0 aliphatic rings. The Labute approximate surface area is 131 Å². The SMILES string of the molecule is O=CC[C@H](CSc1ccccc1)c1ccc(C(F)(F)F)cc1. The van der Waals surface area contributed by atoms with Gasteiger partial charge in [-0.05, 0) is 35.7 Å². The first-order valence-corrected chi connectivity index (χ1v) is 7.78. The standard InChI is InChI=1S/C17H15F3OS/c18-17(19,20)15-8-6-13(7-9-15)14(10-11-21)12-22-16-4-2-1-3-5-16/h1-9,11,14H,10,12H2/t14-/m1/s1. The van der Waals surface area contributed by atoms with Crippen LogP contribution in [0, 0.1) is 0 Å². The van der Waals surface area contributed by atoms with E-state index >= 15 is 0 Å². The number of aldehydes is 1. The van der Waals surface area contributed by atoms with E-state index in [-0.39, 0.29) is 5.92 Å². The summed E-state index contributed by atoms with van der Waals surface area (Å²) in [6.07, 6.45) is -3.23. The topological polar surface area (TPSA) is 17.1 Å². The molecule has 2 aromatic carbocycles. The molecular weight excluding hydrogens is 309 g/mol. The maximum Gasteiger partial charge on any atom is 0.416 e. The molecule has 0 heterocycles. The molecule has 0 saturated heterocycles. The van der Waals surface area contributed by atoms with E-state index < -0.39 is 11.7 Å². The van der Waals surface area contributed by atoms with Crippen LogP contribution in [0.15, 0.2) is 59.5 Å². The van der Waals surface area contributed by atoms with Crippen molar-refractivity contribution in [1.82, 2.24) is 0 Å². The molecule has 0 unspecified atom stereocenters. The highest BCUT2D eigenvalue weighted by molar-refractivity contribution is 7.99. The molecule has 1 nitrogen and oxygen atoms in total. The molecule has 1 atom stereocenters. The number of thioether (sulfide) groups is 1. The molecule has 5 heteroatoms. The zero-order valence-electron chi connectivity index (χ0n) is 11.7. The zero-order valence-corrected chi connectivity index (χ0v) is 12.5. The van der Waals surface area contributed by atoms with Crippen molar-refractivity contribution in [3.8, 4) is 0 Å². The molecule has 0 bridgehead atoms. The minimum atomic E-state index is -4.34. The molecule has 2 aromatic rings. The van der Waals surface area contributed by atoms with Crippen LogP contribution in [0.4, 0.5) is 13.2 Å². The third kappa shape index (κ3) is 4.63. The summed E-state index contributed by atoms with van der Waals surface area (Å²) in [5.41, 5.74) is 0.0837. The molecule has 0 radical (unpaired) electrons. The normalized spacial score (nSPS) is 12.9. The quantitative estimate of drug-likeness (QED) is 0.538. The van der Waals surface area contributed by atoms with Gasteiger partial charge in [-0.3, -0.25) is 0 Å². The number of hydrogen-bond donors (Lipinski definition) is 0. The predicted octanol–water partition coefficient (Wildman–Crippen LogP) is 5.17.